The second-order valence-corrected chi connectivity index (χ2v) is 7.12. The molecule has 1 rings (SSSR count). The molecule has 23 heavy (non-hydrogen) atoms. The molecule has 0 bridgehead atoms. The molecule has 128 valence electrons. The number of H-pyrrole nitrogens is 1. The van der Waals surface area contributed by atoms with Gasteiger partial charge in [-0.05, 0) is 19.3 Å². The number of nitrogens with zero attached hydrogens (tertiary/aromatic N) is 1. The number of carboxylic acid groups (broad SMARTS) is 1. The van der Waals surface area contributed by atoms with Gasteiger partial charge in [0.2, 0.25) is 0 Å². The molecule has 0 aliphatic heterocycles. The second kappa shape index (κ2) is 6.93. The van der Waals surface area contributed by atoms with Crippen LogP contribution in [-0.4, -0.2) is 33.0 Å². The zero-order valence-electron chi connectivity index (χ0n) is 14.5. The molecule has 1 aromatic heterocycles. The van der Waals surface area contributed by atoms with E-state index in [2.05, 4.69) is 15.3 Å². The number of aromatic nitrogens is 2. The fourth-order valence-electron chi connectivity index (χ4n) is 2.13. The summed E-state index contributed by atoms with van der Waals surface area (Å²) in [6.07, 6.45) is 0.283. The highest BCUT2D eigenvalue weighted by molar-refractivity contribution is 5.97. The highest BCUT2D eigenvalue weighted by atomic mass is 16.4. The number of rotatable bonds is 5. The molecule has 0 fully saturated rings. The van der Waals surface area contributed by atoms with Gasteiger partial charge in [0, 0.05) is 5.41 Å². The SMILES string of the molecule is Cc1nc(C(C)(C)C)[nH]c(=O)c1C(=O)N[C@H](CC(C)C)C(=O)O. The van der Waals surface area contributed by atoms with E-state index in [9.17, 15) is 19.5 Å². The molecule has 3 N–H and O–H groups in total. The lowest BCUT2D eigenvalue weighted by molar-refractivity contribution is -0.139. The van der Waals surface area contributed by atoms with E-state index in [1.807, 2.05) is 34.6 Å². The van der Waals surface area contributed by atoms with Crippen LogP contribution in [-0.2, 0) is 10.2 Å². The van der Waals surface area contributed by atoms with Gasteiger partial charge in [-0.25, -0.2) is 9.78 Å². The minimum Gasteiger partial charge on any atom is -0.480 e. The Morgan fingerprint density at radius 1 is 1.30 bits per heavy atom. The van der Waals surface area contributed by atoms with Crippen molar-refractivity contribution in [1.82, 2.24) is 15.3 Å². The summed E-state index contributed by atoms with van der Waals surface area (Å²) in [5.74, 6) is -1.27. The van der Waals surface area contributed by atoms with Gasteiger partial charge in [0.1, 0.15) is 17.4 Å². The molecule has 0 unspecified atom stereocenters. The van der Waals surface area contributed by atoms with Crippen LogP contribution in [0, 0.1) is 12.8 Å². The van der Waals surface area contributed by atoms with Crippen molar-refractivity contribution in [3.05, 3.63) is 27.4 Å². The number of carboxylic acids is 1. The van der Waals surface area contributed by atoms with Crippen LogP contribution in [0.2, 0.25) is 0 Å². The fourth-order valence-corrected chi connectivity index (χ4v) is 2.13. The third-order valence-corrected chi connectivity index (χ3v) is 3.35. The molecule has 1 amide bonds. The number of carbonyl (C=O) groups excluding carboxylic acids is 1. The first-order valence-corrected chi connectivity index (χ1v) is 7.58. The molecule has 0 radical (unpaired) electrons. The van der Waals surface area contributed by atoms with Crippen LogP contribution in [0.15, 0.2) is 4.79 Å². The van der Waals surface area contributed by atoms with Gasteiger partial charge in [-0.1, -0.05) is 34.6 Å². The number of hydrogen-bond donors (Lipinski definition) is 3. The summed E-state index contributed by atoms with van der Waals surface area (Å²) >= 11 is 0. The Morgan fingerprint density at radius 2 is 1.87 bits per heavy atom. The predicted octanol–water partition coefficient (Wildman–Crippen LogP) is 1.60. The lowest BCUT2D eigenvalue weighted by atomic mass is 9.95. The standard InChI is InChI=1S/C16H25N3O4/c1-8(2)7-10(14(22)23)18-12(20)11-9(3)17-15(16(4,5)6)19-13(11)21/h8,10H,7H2,1-6H3,(H,18,20)(H,22,23)(H,17,19,21)/t10-/m1/s1. The van der Waals surface area contributed by atoms with Crippen LogP contribution in [0.3, 0.4) is 0 Å². The van der Waals surface area contributed by atoms with Crippen LogP contribution in [0.1, 0.15) is 62.9 Å². The van der Waals surface area contributed by atoms with Crippen molar-refractivity contribution < 1.29 is 14.7 Å². The molecule has 0 spiro atoms. The van der Waals surface area contributed by atoms with E-state index in [1.165, 1.54) is 0 Å². The Balaban J connectivity index is 3.14. The largest absolute Gasteiger partial charge is 0.480 e. The molecular formula is C16H25N3O4. The monoisotopic (exact) mass is 323 g/mol. The molecule has 0 aliphatic carbocycles. The summed E-state index contributed by atoms with van der Waals surface area (Å²) in [7, 11) is 0. The number of hydrogen-bond acceptors (Lipinski definition) is 4. The maximum Gasteiger partial charge on any atom is 0.326 e. The highest BCUT2D eigenvalue weighted by Crippen LogP contribution is 2.17. The third-order valence-electron chi connectivity index (χ3n) is 3.35. The van der Waals surface area contributed by atoms with Crippen molar-refractivity contribution in [2.24, 2.45) is 5.92 Å². The quantitative estimate of drug-likeness (QED) is 0.762. The molecule has 1 aromatic rings. The van der Waals surface area contributed by atoms with Crippen LogP contribution in [0.4, 0.5) is 0 Å². The normalized spacial score (nSPS) is 13.0. The first-order valence-electron chi connectivity index (χ1n) is 7.58. The summed E-state index contributed by atoms with van der Waals surface area (Å²) in [5.41, 5.74) is -0.786. The van der Waals surface area contributed by atoms with E-state index in [-0.39, 0.29) is 29.0 Å². The Hall–Kier alpha value is -2.18. The summed E-state index contributed by atoms with van der Waals surface area (Å²) in [5, 5.41) is 11.6. The van der Waals surface area contributed by atoms with Gasteiger partial charge < -0.3 is 15.4 Å². The Morgan fingerprint density at radius 3 is 2.26 bits per heavy atom. The van der Waals surface area contributed by atoms with Gasteiger partial charge in [0.25, 0.3) is 11.5 Å². The van der Waals surface area contributed by atoms with Crippen LogP contribution >= 0.6 is 0 Å². The summed E-state index contributed by atoms with van der Waals surface area (Å²) in [4.78, 5) is 42.7. The molecule has 7 heteroatoms. The molecule has 0 saturated carbocycles. The first-order chi connectivity index (χ1) is 10.4. The maximum atomic E-state index is 12.3. The Labute approximate surface area is 135 Å². The summed E-state index contributed by atoms with van der Waals surface area (Å²) < 4.78 is 0. The highest BCUT2D eigenvalue weighted by Gasteiger charge is 2.26. The van der Waals surface area contributed by atoms with E-state index in [0.717, 1.165) is 0 Å². The number of carbonyl (C=O) groups is 2. The van der Waals surface area contributed by atoms with Gasteiger partial charge in [0.05, 0.1) is 5.69 Å². The van der Waals surface area contributed by atoms with Gasteiger partial charge >= 0.3 is 5.97 Å². The number of nitrogens with one attached hydrogen (secondary N) is 2. The minimum absolute atomic E-state index is 0.0946. The summed E-state index contributed by atoms with van der Waals surface area (Å²) in [6, 6.07) is -1.04. The van der Waals surface area contributed by atoms with Gasteiger partial charge in [-0.15, -0.1) is 0 Å². The number of aryl methyl sites for hydroxylation is 1. The number of aliphatic carboxylic acids is 1. The molecule has 0 aliphatic rings. The van der Waals surface area contributed by atoms with Crippen molar-refractivity contribution >= 4 is 11.9 Å². The van der Waals surface area contributed by atoms with Crippen molar-refractivity contribution in [3.8, 4) is 0 Å². The molecule has 1 heterocycles. The topological polar surface area (TPSA) is 112 Å². The Kier molecular flexibility index (Phi) is 5.69. The second-order valence-electron chi connectivity index (χ2n) is 7.12. The van der Waals surface area contributed by atoms with Gasteiger partial charge in [0.15, 0.2) is 0 Å². The van der Waals surface area contributed by atoms with Crippen LogP contribution < -0.4 is 10.9 Å². The zero-order valence-corrected chi connectivity index (χ0v) is 14.5. The minimum atomic E-state index is -1.12. The molecule has 0 saturated heterocycles. The van der Waals surface area contributed by atoms with E-state index < -0.39 is 23.5 Å². The maximum absolute atomic E-state index is 12.3. The lowest BCUT2D eigenvalue weighted by Crippen LogP contribution is -2.44. The average Bonchev–Trinajstić information content (AvgIpc) is 2.35. The number of aromatic amines is 1. The van der Waals surface area contributed by atoms with Crippen molar-refractivity contribution in [2.45, 2.75) is 59.4 Å². The van der Waals surface area contributed by atoms with E-state index in [4.69, 9.17) is 0 Å². The Bertz CT molecular complexity index is 656. The average molecular weight is 323 g/mol. The molecule has 1 atom stereocenters. The van der Waals surface area contributed by atoms with E-state index >= 15 is 0 Å². The molecule has 0 aromatic carbocycles. The van der Waals surface area contributed by atoms with Crippen LogP contribution in [0.5, 0.6) is 0 Å². The molecule has 7 nitrogen and oxygen atoms in total. The first kappa shape index (κ1) is 18.9. The van der Waals surface area contributed by atoms with Gasteiger partial charge in [-0.2, -0.15) is 0 Å². The van der Waals surface area contributed by atoms with Crippen molar-refractivity contribution in [2.75, 3.05) is 0 Å². The molecular weight excluding hydrogens is 298 g/mol. The van der Waals surface area contributed by atoms with E-state index in [0.29, 0.717) is 5.82 Å². The summed E-state index contributed by atoms with van der Waals surface area (Å²) in [6.45, 7) is 11.0. The van der Waals surface area contributed by atoms with Crippen molar-refractivity contribution in [3.63, 3.8) is 0 Å². The third kappa shape index (κ3) is 4.91. The fraction of sp³-hybridized carbons (Fsp3) is 0.625. The van der Waals surface area contributed by atoms with Gasteiger partial charge in [-0.3, -0.25) is 9.59 Å². The lowest BCUT2D eigenvalue weighted by Gasteiger charge is -2.19. The van der Waals surface area contributed by atoms with E-state index in [1.54, 1.807) is 6.92 Å². The van der Waals surface area contributed by atoms with Crippen LogP contribution in [0.25, 0.3) is 0 Å². The smallest absolute Gasteiger partial charge is 0.326 e. The number of amides is 1. The zero-order chi connectivity index (χ0) is 17.9. The van der Waals surface area contributed by atoms with Crippen molar-refractivity contribution in [1.29, 1.82) is 0 Å². The predicted molar refractivity (Wildman–Crippen MR) is 86.6 cm³/mol.